The van der Waals surface area contributed by atoms with E-state index in [1.54, 1.807) is 0 Å². The van der Waals surface area contributed by atoms with E-state index in [0.717, 1.165) is 12.1 Å². The first-order valence-electron chi connectivity index (χ1n) is 10.2. The summed E-state index contributed by atoms with van der Waals surface area (Å²) in [6.07, 6.45) is -3.40. The fraction of sp³-hybridized carbons (Fsp3) is 0.571. The third kappa shape index (κ3) is 5.75. The molecule has 0 spiro atoms. The van der Waals surface area contributed by atoms with Crippen LogP contribution in [0.4, 0.5) is 13.2 Å². The number of rotatable bonds is 6. The highest BCUT2D eigenvalue weighted by molar-refractivity contribution is 5.99. The van der Waals surface area contributed by atoms with Gasteiger partial charge in [0.15, 0.2) is 5.78 Å². The molecule has 2 unspecified atom stereocenters. The number of fused-ring (bicyclic) bond motifs is 1. The summed E-state index contributed by atoms with van der Waals surface area (Å²) in [6.45, 7) is 4.19. The Balaban J connectivity index is 1.72. The minimum absolute atomic E-state index is 0.0212. The van der Waals surface area contributed by atoms with Crippen LogP contribution >= 0.6 is 0 Å². The fourth-order valence-corrected chi connectivity index (χ4v) is 3.98. The van der Waals surface area contributed by atoms with E-state index < -0.39 is 30.1 Å². The lowest BCUT2D eigenvalue weighted by Crippen LogP contribution is -2.58. The van der Waals surface area contributed by atoms with Gasteiger partial charge in [-0.3, -0.25) is 14.4 Å². The predicted octanol–water partition coefficient (Wildman–Crippen LogP) is 2.69. The molecule has 0 radical (unpaired) electrons. The number of hydrogen-bond donors (Lipinski definition) is 1. The molecule has 2 aliphatic rings. The summed E-state index contributed by atoms with van der Waals surface area (Å²) < 4.78 is 46.2. The number of alkyl halides is 3. The average molecular weight is 442 g/mol. The van der Waals surface area contributed by atoms with E-state index >= 15 is 0 Å². The molecule has 2 heterocycles. The zero-order valence-electron chi connectivity index (χ0n) is 17.3. The molecule has 2 fully saturated rings. The molecule has 3 rings (SSSR count). The molecule has 1 N–H and O–H groups in total. The van der Waals surface area contributed by atoms with Gasteiger partial charge in [0, 0.05) is 12.1 Å². The Hall–Kier alpha value is -2.62. The van der Waals surface area contributed by atoms with Crippen molar-refractivity contribution in [3.8, 4) is 5.75 Å². The molecule has 0 saturated carbocycles. The summed E-state index contributed by atoms with van der Waals surface area (Å²) in [5, 5.41) is 2.68. The third-order valence-electron chi connectivity index (χ3n) is 5.29. The Morgan fingerprint density at radius 1 is 1.26 bits per heavy atom. The van der Waals surface area contributed by atoms with Gasteiger partial charge in [-0.25, -0.2) is 0 Å². The van der Waals surface area contributed by atoms with Crippen LogP contribution in [0.3, 0.4) is 0 Å². The Morgan fingerprint density at radius 2 is 1.94 bits per heavy atom. The molecular weight excluding hydrogens is 417 g/mol. The molecule has 2 aliphatic heterocycles. The van der Waals surface area contributed by atoms with Crippen molar-refractivity contribution < 1.29 is 37.0 Å². The molecule has 0 aliphatic carbocycles. The lowest BCUT2D eigenvalue weighted by Gasteiger charge is -2.37. The number of Topliss-reactive ketones (excluding diaryl/α,β-unsaturated/α-hetero) is 1. The molecule has 10 heteroatoms. The van der Waals surface area contributed by atoms with Crippen molar-refractivity contribution >= 4 is 17.6 Å². The second-order valence-corrected chi connectivity index (χ2v) is 8.16. The quantitative estimate of drug-likeness (QED) is 0.732. The van der Waals surface area contributed by atoms with Gasteiger partial charge < -0.3 is 19.7 Å². The summed E-state index contributed by atoms with van der Waals surface area (Å²) in [4.78, 5) is 39.7. The first-order chi connectivity index (χ1) is 14.5. The lowest BCUT2D eigenvalue weighted by atomic mass is 9.95. The van der Waals surface area contributed by atoms with Crippen molar-refractivity contribution in [3.63, 3.8) is 0 Å². The van der Waals surface area contributed by atoms with Gasteiger partial charge in [-0.1, -0.05) is 13.8 Å². The fourth-order valence-electron chi connectivity index (χ4n) is 3.98. The van der Waals surface area contributed by atoms with Crippen LogP contribution in [0.2, 0.25) is 0 Å². The smallest absolute Gasteiger partial charge is 0.406 e. The average Bonchev–Trinajstić information content (AvgIpc) is 3.07. The summed E-state index contributed by atoms with van der Waals surface area (Å²) in [5.41, 5.74) is 0.0906. The molecule has 1 aromatic carbocycles. The maximum atomic E-state index is 13.3. The minimum Gasteiger partial charge on any atom is -0.406 e. The Labute approximate surface area is 177 Å². The van der Waals surface area contributed by atoms with E-state index in [4.69, 9.17) is 4.74 Å². The van der Waals surface area contributed by atoms with E-state index in [1.165, 1.54) is 17.0 Å². The number of ether oxygens (including phenoxy) is 2. The van der Waals surface area contributed by atoms with Crippen LogP contribution in [0.15, 0.2) is 24.3 Å². The number of carbonyl (C=O) groups excluding carboxylic acids is 3. The normalized spacial score (nSPS) is 22.3. The second-order valence-electron chi connectivity index (χ2n) is 8.16. The first-order valence-corrected chi connectivity index (χ1v) is 10.2. The number of likely N-dealkylation sites (tertiary alicyclic amines) is 1. The van der Waals surface area contributed by atoms with Crippen molar-refractivity contribution in [2.75, 3.05) is 13.2 Å². The number of amides is 2. The summed E-state index contributed by atoms with van der Waals surface area (Å²) in [7, 11) is 0. The number of halogens is 3. The maximum absolute atomic E-state index is 13.3. The van der Waals surface area contributed by atoms with Crippen LogP contribution in [-0.4, -0.2) is 60.2 Å². The van der Waals surface area contributed by atoms with E-state index in [0.29, 0.717) is 25.8 Å². The number of nitrogens with one attached hydrogen (secondary N) is 1. The minimum atomic E-state index is -4.83. The molecule has 1 aromatic rings. The van der Waals surface area contributed by atoms with Crippen molar-refractivity contribution in [1.82, 2.24) is 10.2 Å². The lowest BCUT2D eigenvalue weighted by molar-refractivity contribution is -0.274. The standard InChI is InChI=1S/C21H25F3N2O5/c1-12(2)10-15(20(29)26-9-3-4-17-18(26)16(27)11-30-17)25-19(28)13-5-7-14(8-6-13)31-21(22,23)24/h5-8,12,15,17-18H,3-4,9-11H2,1-2H3,(H,25,28)/t15-,17?,18?/m0/s1. The van der Waals surface area contributed by atoms with Crippen LogP contribution in [0, 0.1) is 5.92 Å². The zero-order valence-corrected chi connectivity index (χ0v) is 17.3. The van der Waals surface area contributed by atoms with E-state index in [2.05, 4.69) is 10.1 Å². The van der Waals surface area contributed by atoms with Crippen molar-refractivity contribution in [3.05, 3.63) is 29.8 Å². The highest BCUT2D eigenvalue weighted by atomic mass is 19.4. The Bertz CT molecular complexity index is 825. The predicted molar refractivity (Wildman–Crippen MR) is 103 cm³/mol. The van der Waals surface area contributed by atoms with E-state index in [1.807, 2.05) is 13.8 Å². The molecule has 170 valence electrons. The number of ketones is 1. The number of benzene rings is 1. The third-order valence-corrected chi connectivity index (χ3v) is 5.29. The summed E-state index contributed by atoms with van der Waals surface area (Å²) in [6, 6.07) is 2.95. The molecule has 2 amide bonds. The summed E-state index contributed by atoms with van der Waals surface area (Å²) >= 11 is 0. The number of hydrogen-bond acceptors (Lipinski definition) is 5. The molecule has 31 heavy (non-hydrogen) atoms. The van der Waals surface area contributed by atoms with Crippen LogP contribution < -0.4 is 10.1 Å². The van der Waals surface area contributed by atoms with E-state index in [9.17, 15) is 27.6 Å². The number of carbonyl (C=O) groups is 3. The van der Waals surface area contributed by atoms with Crippen LogP contribution in [-0.2, 0) is 14.3 Å². The molecule has 7 nitrogen and oxygen atoms in total. The van der Waals surface area contributed by atoms with Crippen LogP contribution in [0.5, 0.6) is 5.75 Å². The first kappa shape index (κ1) is 23.1. The summed E-state index contributed by atoms with van der Waals surface area (Å²) in [5.74, 6) is -1.47. The molecule has 0 bridgehead atoms. The highest BCUT2D eigenvalue weighted by Crippen LogP contribution is 2.28. The van der Waals surface area contributed by atoms with Gasteiger partial charge in [0.1, 0.15) is 24.4 Å². The van der Waals surface area contributed by atoms with Gasteiger partial charge in [-0.15, -0.1) is 13.2 Å². The number of piperidine rings is 1. The van der Waals surface area contributed by atoms with E-state index in [-0.39, 0.29) is 35.9 Å². The highest BCUT2D eigenvalue weighted by Gasteiger charge is 2.45. The van der Waals surface area contributed by atoms with Crippen molar-refractivity contribution in [2.45, 2.75) is 57.7 Å². The molecule has 0 aromatic heterocycles. The SMILES string of the molecule is CC(C)C[C@H](NC(=O)c1ccc(OC(F)(F)F)cc1)C(=O)N1CCCC2OCC(=O)C21. The van der Waals surface area contributed by atoms with Crippen molar-refractivity contribution in [2.24, 2.45) is 5.92 Å². The Kier molecular flexibility index (Phi) is 6.88. The van der Waals surface area contributed by atoms with Gasteiger partial charge in [-0.2, -0.15) is 0 Å². The topological polar surface area (TPSA) is 84.9 Å². The van der Waals surface area contributed by atoms with Crippen LogP contribution in [0.25, 0.3) is 0 Å². The van der Waals surface area contributed by atoms with Gasteiger partial charge >= 0.3 is 6.36 Å². The molecule has 3 atom stereocenters. The molecule has 2 saturated heterocycles. The molecular formula is C21H25F3N2O5. The van der Waals surface area contributed by atoms with Gasteiger partial charge in [0.05, 0.1) is 6.10 Å². The Morgan fingerprint density at radius 3 is 2.55 bits per heavy atom. The number of nitrogens with zero attached hydrogens (tertiary/aromatic N) is 1. The van der Waals surface area contributed by atoms with Crippen LogP contribution in [0.1, 0.15) is 43.5 Å². The van der Waals surface area contributed by atoms with Gasteiger partial charge in [0.2, 0.25) is 5.91 Å². The maximum Gasteiger partial charge on any atom is 0.573 e. The van der Waals surface area contributed by atoms with Crippen molar-refractivity contribution in [1.29, 1.82) is 0 Å². The van der Waals surface area contributed by atoms with Gasteiger partial charge in [-0.05, 0) is 49.4 Å². The van der Waals surface area contributed by atoms with Gasteiger partial charge in [0.25, 0.3) is 5.91 Å². The monoisotopic (exact) mass is 442 g/mol. The second kappa shape index (κ2) is 9.25. The zero-order chi connectivity index (χ0) is 22.8. The largest absolute Gasteiger partial charge is 0.573 e.